The van der Waals surface area contributed by atoms with Gasteiger partial charge in [0.05, 0.1) is 23.8 Å². The molecule has 2 aromatic heterocycles. The minimum atomic E-state index is -0.750. The van der Waals surface area contributed by atoms with Gasteiger partial charge in [-0.2, -0.15) is 0 Å². The van der Waals surface area contributed by atoms with Gasteiger partial charge in [-0.05, 0) is 133 Å². The Morgan fingerprint density at radius 3 is 2.36 bits per heavy atom. The highest BCUT2D eigenvalue weighted by molar-refractivity contribution is 6.00. The number of hydrogen-bond donors (Lipinski definition) is 4. The molecule has 0 radical (unpaired) electrons. The number of carbonyl (C=O) groups excluding carboxylic acids is 5. The monoisotopic (exact) mass is 949 g/mol. The van der Waals surface area contributed by atoms with Gasteiger partial charge in [-0.15, -0.1) is 0 Å². The van der Waals surface area contributed by atoms with E-state index in [2.05, 4.69) is 47.8 Å². The Bertz CT molecular complexity index is 2570. The lowest BCUT2D eigenvalue weighted by Gasteiger charge is -2.48. The summed E-state index contributed by atoms with van der Waals surface area (Å²) in [6.07, 6.45) is 9.25. The van der Waals surface area contributed by atoms with Crippen LogP contribution in [0, 0.1) is 0 Å². The number of fused-ring (bicyclic) bond motifs is 1. The molecule has 4 saturated heterocycles. The fourth-order valence-corrected chi connectivity index (χ4v) is 10.2. The fourth-order valence-electron chi connectivity index (χ4n) is 10.2. The molecule has 2 aromatic carbocycles. The van der Waals surface area contributed by atoms with Gasteiger partial charge in [-0.3, -0.25) is 43.4 Å². The van der Waals surface area contributed by atoms with Crippen LogP contribution in [-0.2, 0) is 32.6 Å². The fraction of sp³-hybridized carbons (Fsp3) is 0.560. The van der Waals surface area contributed by atoms with Crippen LogP contribution in [0.4, 0.5) is 22.1 Å². The lowest BCUT2D eigenvalue weighted by atomic mass is 9.88. The number of hydrogen-bond acceptors (Lipinski definition) is 13. The van der Waals surface area contributed by atoms with Crippen LogP contribution in [0.3, 0.4) is 0 Å². The van der Waals surface area contributed by atoms with E-state index in [1.54, 1.807) is 17.8 Å². The van der Waals surface area contributed by atoms with Crippen LogP contribution >= 0.6 is 0 Å². The average Bonchev–Trinajstić information content (AvgIpc) is 3.56. The molecule has 0 aliphatic carbocycles. The maximum absolute atomic E-state index is 13.7. The highest BCUT2D eigenvalue weighted by atomic mass is 16.6. The lowest BCUT2D eigenvalue weighted by Crippen LogP contribution is -2.63. The van der Waals surface area contributed by atoms with Crippen LogP contribution in [-0.4, -0.2) is 141 Å². The Labute approximate surface area is 403 Å². The number of aryl methyl sites for hydroxylation is 2. The van der Waals surface area contributed by atoms with Crippen LogP contribution in [0.15, 0.2) is 53.5 Å². The van der Waals surface area contributed by atoms with Crippen LogP contribution in [0.5, 0.6) is 0 Å². The molecule has 1 atom stereocenters. The zero-order chi connectivity index (χ0) is 48.8. The van der Waals surface area contributed by atoms with Crippen LogP contribution in [0.1, 0.15) is 112 Å². The molecule has 0 saturated carbocycles. The van der Waals surface area contributed by atoms with Gasteiger partial charge in [0.2, 0.25) is 17.7 Å². The van der Waals surface area contributed by atoms with E-state index in [0.717, 1.165) is 87.3 Å². The Kier molecular flexibility index (Phi) is 15.3. The average molecular weight is 949 g/mol. The quantitative estimate of drug-likeness (QED) is 0.0863. The normalized spacial score (nSPS) is 18.6. The molecule has 0 bridgehead atoms. The number of nitrogens with two attached hydrogens (primary N) is 1. The van der Waals surface area contributed by atoms with Crippen molar-refractivity contribution in [1.29, 1.82) is 0 Å². The molecule has 4 fully saturated rings. The van der Waals surface area contributed by atoms with Crippen molar-refractivity contribution in [2.75, 3.05) is 75.7 Å². The molecule has 8 rings (SSSR count). The number of amides is 5. The first-order chi connectivity index (χ1) is 33.1. The number of imide groups is 1. The number of primary amides is 1. The number of nitrogens with one attached hydrogen (secondary N) is 3. The molecule has 19 nitrogen and oxygen atoms in total. The molecule has 69 heavy (non-hydrogen) atoms. The summed E-state index contributed by atoms with van der Waals surface area (Å²) in [5.41, 5.74) is 9.34. The lowest BCUT2D eigenvalue weighted by molar-refractivity contribution is -0.140. The van der Waals surface area contributed by atoms with Gasteiger partial charge in [0.15, 0.2) is 11.5 Å². The van der Waals surface area contributed by atoms with Crippen molar-refractivity contribution in [3.8, 4) is 0 Å². The number of nitrogens with zero attached hydrogens (tertiary/aromatic N) is 8. The predicted molar refractivity (Wildman–Crippen MR) is 262 cm³/mol. The van der Waals surface area contributed by atoms with E-state index < -0.39 is 29.6 Å². The molecule has 4 aliphatic heterocycles. The van der Waals surface area contributed by atoms with Gasteiger partial charge in [0.1, 0.15) is 17.5 Å². The summed E-state index contributed by atoms with van der Waals surface area (Å²) < 4.78 is 8.53. The van der Waals surface area contributed by atoms with Crippen LogP contribution in [0.25, 0.3) is 11.0 Å². The minimum absolute atomic E-state index is 0.0637. The first-order valence-corrected chi connectivity index (χ1v) is 24.6. The molecular formula is C50H68N12O7. The highest BCUT2D eigenvalue weighted by Crippen LogP contribution is 2.32. The molecule has 19 heteroatoms. The number of imidazole rings is 1. The van der Waals surface area contributed by atoms with Gasteiger partial charge < -0.3 is 30.9 Å². The second-order valence-electron chi connectivity index (χ2n) is 20.0. The van der Waals surface area contributed by atoms with Gasteiger partial charge in [-0.1, -0.05) is 24.3 Å². The number of rotatable bonds is 17. The number of unbranched alkanes of at least 4 members (excludes halogenated alkanes) is 1. The predicted octanol–water partition coefficient (Wildman–Crippen LogP) is 4.18. The number of para-hydroxylation sites is 1. The van der Waals surface area contributed by atoms with Gasteiger partial charge in [0, 0.05) is 64.5 Å². The summed E-state index contributed by atoms with van der Waals surface area (Å²) in [6, 6.07) is 13.6. The van der Waals surface area contributed by atoms with Gasteiger partial charge in [0.25, 0.3) is 5.91 Å². The first kappa shape index (κ1) is 49.1. The number of anilines is 3. The molecule has 1 unspecified atom stereocenters. The van der Waals surface area contributed by atoms with Crippen LogP contribution < -0.4 is 32.3 Å². The number of ether oxygens (including phenoxy) is 1. The molecule has 370 valence electrons. The number of likely N-dealkylation sites (tertiary alicyclic amines) is 2. The molecule has 6 heterocycles. The van der Waals surface area contributed by atoms with Crippen molar-refractivity contribution in [3.63, 3.8) is 0 Å². The number of carbonyl (C=O) groups is 5. The second kappa shape index (κ2) is 21.5. The highest BCUT2D eigenvalue weighted by Gasteiger charge is 2.37. The first-order valence-electron chi connectivity index (χ1n) is 24.6. The van der Waals surface area contributed by atoms with Gasteiger partial charge in [-0.25, -0.2) is 19.6 Å². The van der Waals surface area contributed by atoms with E-state index in [9.17, 15) is 28.8 Å². The van der Waals surface area contributed by atoms with Crippen molar-refractivity contribution in [2.24, 2.45) is 12.8 Å². The van der Waals surface area contributed by atoms with E-state index in [0.29, 0.717) is 62.4 Å². The maximum atomic E-state index is 13.7. The summed E-state index contributed by atoms with van der Waals surface area (Å²) in [6.45, 7) is 12.2. The second-order valence-corrected chi connectivity index (χ2v) is 20.0. The topological polar surface area (TPSA) is 222 Å². The van der Waals surface area contributed by atoms with Crippen molar-refractivity contribution in [2.45, 2.75) is 109 Å². The largest absolute Gasteiger partial charge is 0.444 e. The van der Waals surface area contributed by atoms with Crippen LogP contribution in [0.2, 0.25) is 0 Å². The van der Waals surface area contributed by atoms with Crippen molar-refractivity contribution in [1.82, 2.24) is 44.4 Å². The zero-order valence-electron chi connectivity index (χ0n) is 40.5. The third kappa shape index (κ3) is 11.9. The summed E-state index contributed by atoms with van der Waals surface area (Å²) in [5.74, 6) is 0.162. The number of aromatic nitrogens is 4. The van der Waals surface area contributed by atoms with Crippen molar-refractivity contribution >= 4 is 58.1 Å². The Balaban J connectivity index is 0.818. The standard InChI is InChI=1S/C50H68N12O7/c1-50(2,3)69-48(67)52-22-28-58(23-9-6-11-35-12-10-13-38-44(35)57(4)49(68)62(38)39-18-19-41(63)56-47(39)66)32-42(64)61-30-37(31-61)59-26-20-34(21-27-59)33-14-16-36(17-15-33)54-46-43(45(51)65)53-29-40(55-46)60-24-7-5-8-25-60/h10,12-17,29,34,37,39H,5-9,11,18-28,30-32H2,1-4H3,(H2,51,65)(H,52,67)(H,54,55)(H,56,63,66). The molecule has 5 N–H and O–H groups in total. The van der Waals surface area contributed by atoms with E-state index in [4.69, 9.17) is 15.5 Å². The molecule has 4 aliphatic rings. The van der Waals surface area contributed by atoms with E-state index in [1.165, 1.54) is 16.6 Å². The Hall–Kier alpha value is -6.34. The summed E-state index contributed by atoms with van der Waals surface area (Å²) in [5, 5.41) is 8.50. The minimum Gasteiger partial charge on any atom is -0.444 e. The third-order valence-corrected chi connectivity index (χ3v) is 13.9. The summed E-state index contributed by atoms with van der Waals surface area (Å²) in [7, 11) is 1.71. The number of alkyl carbamates (subject to hydrolysis) is 1. The zero-order valence-corrected chi connectivity index (χ0v) is 40.5. The maximum Gasteiger partial charge on any atom is 0.407 e. The molecule has 4 aromatic rings. The number of piperidine rings is 3. The van der Waals surface area contributed by atoms with Crippen molar-refractivity contribution < 1.29 is 28.7 Å². The van der Waals surface area contributed by atoms with E-state index in [-0.39, 0.29) is 42.6 Å². The van der Waals surface area contributed by atoms with Crippen molar-refractivity contribution in [3.05, 3.63) is 76.0 Å². The Morgan fingerprint density at radius 1 is 0.928 bits per heavy atom. The van der Waals surface area contributed by atoms with Gasteiger partial charge >= 0.3 is 11.8 Å². The summed E-state index contributed by atoms with van der Waals surface area (Å²) >= 11 is 0. The molecular weight excluding hydrogens is 881 g/mol. The number of benzene rings is 2. The SMILES string of the molecule is Cn1c(=O)n(C2CCC(=O)NC2=O)c2cccc(CCCCN(CCNC(=O)OC(C)(C)C)CC(=O)N3CC(N4CCC(c5ccc(Nc6nc(N7CCCCC7)cnc6C(N)=O)cc5)CC4)C3)c21. The smallest absolute Gasteiger partial charge is 0.407 e. The molecule has 5 amide bonds. The van der Waals surface area contributed by atoms with E-state index in [1.807, 2.05) is 56.0 Å². The van der Waals surface area contributed by atoms with E-state index >= 15 is 0 Å². The molecule has 0 spiro atoms. The summed E-state index contributed by atoms with van der Waals surface area (Å²) in [4.78, 5) is 94.3. The Morgan fingerprint density at radius 2 is 1.67 bits per heavy atom. The third-order valence-electron chi connectivity index (χ3n) is 13.9.